The third-order valence-corrected chi connectivity index (χ3v) is 6.03. The van der Waals surface area contributed by atoms with Crippen LogP contribution in [0, 0.1) is 0 Å². The molecule has 0 spiro atoms. The van der Waals surface area contributed by atoms with E-state index in [9.17, 15) is 13.5 Å². The average Bonchev–Trinajstić information content (AvgIpc) is 3.09. The molecule has 0 amide bonds. The standard InChI is InChI=1S/C20H16N2O3S/c23-20(15-10-12-21-13-11-15)19-14-16-6-4-5-9-18(16)22(19)26(24,25)17-7-2-1-3-8-17/h1-14,20,23H. The van der Waals surface area contributed by atoms with Gasteiger partial charge in [-0.3, -0.25) is 4.98 Å². The SMILES string of the molecule is O=S(=O)(c1ccccc1)n1c(C(O)c2ccncc2)cc2ccccc21. The molecule has 0 aliphatic rings. The average molecular weight is 364 g/mol. The van der Waals surface area contributed by atoms with Gasteiger partial charge >= 0.3 is 0 Å². The van der Waals surface area contributed by atoms with Crippen molar-refractivity contribution in [1.82, 2.24) is 8.96 Å². The maximum atomic E-state index is 13.3. The summed E-state index contributed by atoms with van der Waals surface area (Å²) in [6.07, 6.45) is 2.04. The molecule has 6 heteroatoms. The van der Waals surface area contributed by atoms with Crippen molar-refractivity contribution in [2.45, 2.75) is 11.0 Å². The minimum Gasteiger partial charge on any atom is -0.382 e. The number of para-hydroxylation sites is 1. The Morgan fingerprint density at radius 3 is 2.27 bits per heavy atom. The predicted molar refractivity (Wildman–Crippen MR) is 99.3 cm³/mol. The molecule has 0 saturated carbocycles. The fraction of sp³-hybridized carbons (Fsp3) is 0.0500. The summed E-state index contributed by atoms with van der Waals surface area (Å²) in [7, 11) is -3.86. The van der Waals surface area contributed by atoms with Crippen molar-refractivity contribution < 1.29 is 13.5 Å². The fourth-order valence-corrected chi connectivity index (χ4v) is 4.59. The van der Waals surface area contributed by atoms with Gasteiger partial charge in [0.2, 0.25) is 0 Å². The first-order valence-corrected chi connectivity index (χ1v) is 9.52. The van der Waals surface area contributed by atoms with E-state index < -0.39 is 16.1 Å². The van der Waals surface area contributed by atoms with Crippen molar-refractivity contribution >= 4 is 20.9 Å². The van der Waals surface area contributed by atoms with Crippen LogP contribution in [-0.4, -0.2) is 22.5 Å². The second-order valence-electron chi connectivity index (χ2n) is 5.89. The lowest BCUT2D eigenvalue weighted by molar-refractivity contribution is 0.214. The van der Waals surface area contributed by atoms with E-state index in [1.165, 1.54) is 3.97 Å². The highest BCUT2D eigenvalue weighted by molar-refractivity contribution is 7.90. The quantitative estimate of drug-likeness (QED) is 0.603. The number of aromatic nitrogens is 2. The molecule has 5 nitrogen and oxygen atoms in total. The number of pyridine rings is 1. The summed E-state index contributed by atoms with van der Waals surface area (Å²) in [6.45, 7) is 0. The van der Waals surface area contributed by atoms with Gasteiger partial charge in [0.05, 0.1) is 16.1 Å². The Balaban J connectivity index is 1.99. The maximum Gasteiger partial charge on any atom is 0.268 e. The Morgan fingerprint density at radius 2 is 1.54 bits per heavy atom. The predicted octanol–water partition coefficient (Wildman–Crippen LogP) is 3.36. The molecule has 2 heterocycles. The molecule has 4 rings (SSSR count). The third-order valence-electron chi connectivity index (χ3n) is 4.28. The van der Waals surface area contributed by atoms with Crippen molar-refractivity contribution in [3.8, 4) is 0 Å². The normalized spacial score (nSPS) is 13.0. The van der Waals surface area contributed by atoms with Crippen molar-refractivity contribution in [2.24, 2.45) is 0 Å². The number of fused-ring (bicyclic) bond motifs is 1. The van der Waals surface area contributed by atoms with Crippen LogP contribution in [-0.2, 0) is 10.0 Å². The van der Waals surface area contributed by atoms with Crippen LogP contribution >= 0.6 is 0 Å². The summed E-state index contributed by atoms with van der Waals surface area (Å²) in [5.74, 6) is 0. The maximum absolute atomic E-state index is 13.3. The van der Waals surface area contributed by atoms with E-state index in [4.69, 9.17) is 0 Å². The molecule has 0 bridgehead atoms. The summed E-state index contributed by atoms with van der Waals surface area (Å²) >= 11 is 0. The smallest absolute Gasteiger partial charge is 0.268 e. The number of aliphatic hydroxyl groups excluding tert-OH is 1. The van der Waals surface area contributed by atoms with Gasteiger partial charge in [0.15, 0.2) is 0 Å². The van der Waals surface area contributed by atoms with Gasteiger partial charge in [-0.15, -0.1) is 0 Å². The van der Waals surface area contributed by atoms with Gasteiger partial charge < -0.3 is 5.11 Å². The van der Waals surface area contributed by atoms with E-state index >= 15 is 0 Å². The van der Waals surface area contributed by atoms with Crippen LogP contribution in [0.1, 0.15) is 17.4 Å². The summed E-state index contributed by atoms with van der Waals surface area (Å²) in [4.78, 5) is 4.12. The Bertz CT molecular complexity index is 1150. The van der Waals surface area contributed by atoms with E-state index in [0.717, 1.165) is 5.39 Å². The second-order valence-corrected chi connectivity index (χ2v) is 7.68. The Morgan fingerprint density at radius 1 is 0.885 bits per heavy atom. The van der Waals surface area contributed by atoms with E-state index in [0.29, 0.717) is 16.8 Å². The number of hydrogen-bond donors (Lipinski definition) is 1. The highest BCUT2D eigenvalue weighted by atomic mass is 32.2. The topological polar surface area (TPSA) is 72.2 Å². The first kappa shape index (κ1) is 16.5. The molecular formula is C20H16N2O3S. The highest BCUT2D eigenvalue weighted by Crippen LogP contribution is 2.31. The van der Waals surface area contributed by atoms with E-state index in [1.54, 1.807) is 73.1 Å². The van der Waals surface area contributed by atoms with Gasteiger partial charge in [-0.2, -0.15) is 0 Å². The summed E-state index contributed by atoms with van der Waals surface area (Å²) in [5, 5.41) is 11.6. The van der Waals surface area contributed by atoms with Gasteiger partial charge in [0.25, 0.3) is 10.0 Å². The third kappa shape index (κ3) is 2.69. The summed E-state index contributed by atoms with van der Waals surface area (Å²) < 4.78 is 27.8. The van der Waals surface area contributed by atoms with Crippen molar-refractivity contribution in [3.05, 3.63) is 96.4 Å². The van der Waals surface area contributed by atoms with Crippen molar-refractivity contribution in [1.29, 1.82) is 0 Å². The lowest BCUT2D eigenvalue weighted by Gasteiger charge is -2.16. The molecular weight excluding hydrogens is 348 g/mol. The molecule has 1 N–H and O–H groups in total. The fourth-order valence-electron chi connectivity index (χ4n) is 3.02. The van der Waals surface area contributed by atoms with Crippen LogP contribution in [0.2, 0.25) is 0 Å². The first-order valence-electron chi connectivity index (χ1n) is 8.08. The zero-order valence-electron chi connectivity index (χ0n) is 13.7. The summed E-state index contributed by atoms with van der Waals surface area (Å²) in [6, 6.07) is 20.4. The van der Waals surface area contributed by atoms with Gasteiger partial charge in [0, 0.05) is 17.8 Å². The van der Waals surface area contributed by atoms with Crippen LogP contribution in [0.5, 0.6) is 0 Å². The minimum absolute atomic E-state index is 0.171. The Hall–Kier alpha value is -2.96. The molecule has 2 aromatic heterocycles. The van der Waals surface area contributed by atoms with Gasteiger partial charge in [-0.25, -0.2) is 12.4 Å². The van der Waals surface area contributed by atoms with E-state index in [-0.39, 0.29) is 4.90 Å². The molecule has 1 atom stereocenters. The molecule has 2 aromatic carbocycles. The molecule has 0 saturated heterocycles. The van der Waals surface area contributed by atoms with Gasteiger partial charge in [0.1, 0.15) is 6.10 Å². The van der Waals surface area contributed by atoms with Crippen molar-refractivity contribution in [2.75, 3.05) is 0 Å². The van der Waals surface area contributed by atoms with E-state index in [1.807, 2.05) is 12.1 Å². The molecule has 4 aromatic rings. The lowest BCUT2D eigenvalue weighted by atomic mass is 10.1. The van der Waals surface area contributed by atoms with Crippen LogP contribution in [0.4, 0.5) is 0 Å². The van der Waals surface area contributed by atoms with Crippen LogP contribution < -0.4 is 0 Å². The lowest BCUT2D eigenvalue weighted by Crippen LogP contribution is -2.18. The molecule has 0 radical (unpaired) electrons. The second kappa shape index (κ2) is 6.40. The van der Waals surface area contributed by atoms with Crippen LogP contribution in [0.25, 0.3) is 10.9 Å². The minimum atomic E-state index is -3.86. The molecule has 26 heavy (non-hydrogen) atoms. The van der Waals surface area contributed by atoms with Gasteiger partial charge in [-0.1, -0.05) is 36.4 Å². The monoisotopic (exact) mass is 364 g/mol. The number of benzene rings is 2. The van der Waals surface area contributed by atoms with Crippen molar-refractivity contribution in [3.63, 3.8) is 0 Å². The molecule has 130 valence electrons. The summed E-state index contributed by atoms with van der Waals surface area (Å²) in [5.41, 5.74) is 1.40. The zero-order chi connectivity index (χ0) is 18.1. The zero-order valence-corrected chi connectivity index (χ0v) is 14.5. The largest absolute Gasteiger partial charge is 0.382 e. The number of rotatable bonds is 4. The first-order chi connectivity index (χ1) is 12.6. The van der Waals surface area contributed by atoms with E-state index in [2.05, 4.69) is 4.98 Å². The van der Waals surface area contributed by atoms with Crippen LogP contribution in [0.3, 0.4) is 0 Å². The highest BCUT2D eigenvalue weighted by Gasteiger charge is 2.26. The molecule has 1 unspecified atom stereocenters. The van der Waals surface area contributed by atoms with Gasteiger partial charge in [-0.05, 0) is 42.0 Å². The number of hydrogen-bond acceptors (Lipinski definition) is 4. The molecule has 0 fully saturated rings. The number of aliphatic hydroxyl groups is 1. The molecule has 0 aliphatic carbocycles. The Labute approximate surface area is 151 Å². The molecule has 0 aliphatic heterocycles. The van der Waals surface area contributed by atoms with Crippen LogP contribution in [0.15, 0.2) is 90.1 Å². The Kier molecular flexibility index (Phi) is 4.06. The number of nitrogens with zero attached hydrogens (tertiary/aromatic N) is 2.